The molecule has 0 atom stereocenters. The quantitative estimate of drug-likeness (QED) is 0.792. The summed E-state index contributed by atoms with van der Waals surface area (Å²) in [4.78, 5) is 13.9. The largest absolute Gasteiger partial charge is 0.573 e. The van der Waals surface area contributed by atoms with E-state index < -0.39 is 22.1 Å². The summed E-state index contributed by atoms with van der Waals surface area (Å²) < 4.78 is 68.0. The van der Waals surface area contributed by atoms with Gasteiger partial charge in [-0.05, 0) is 61.2 Å². The molecule has 1 amide bonds. The molecule has 1 saturated carbocycles. The van der Waals surface area contributed by atoms with Crippen LogP contribution in [0.15, 0.2) is 47.4 Å². The molecular weight excluding hydrogens is 409 g/mol. The van der Waals surface area contributed by atoms with Crippen LogP contribution in [-0.2, 0) is 21.2 Å². The highest BCUT2D eigenvalue weighted by Gasteiger charge is 2.36. The second-order valence-corrected chi connectivity index (χ2v) is 8.66. The van der Waals surface area contributed by atoms with Crippen molar-refractivity contribution in [2.75, 3.05) is 16.2 Å². The fourth-order valence-corrected chi connectivity index (χ4v) is 4.31. The molecule has 2 aromatic carbocycles. The van der Waals surface area contributed by atoms with Gasteiger partial charge in [0.1, 0.15) is 5.75 Å². The lowest BCUT2D eigenvalue weighted by molar-refractivity contribution is -0.274. The summed E-state index contributed by atoms with van der Waals surface area (Å²) in [6.07, 6.45) is -2.38. The van der Waals surface area contributed by atoms with Gasteiger partial charge in [-0.25, -0.2) is 8.42 Å². The Balaban J connectivity index is 1.53. The van der Waals surface area contributed by atoms with Gasteiger partial charge in [-0.3, -0.25) is 9.52 Å². The first-order valence-electron chi connectivity index (χ1n) is 8.95. The van der Waals surface area contributed by atoms with E-state index in [0.29, 0.717) is 18.7 Å². The van der Waals surface area contributed by atoms with Crippen molar-refractivity contribution in [3.8, 4) is 5.75 Å². The van der Waals surface area contributed by atoms with Crippen LogP contribution in [0.1, 0.15) is 18.4 Å². The third-order valence-electron chi connectivity index (χ3n) is 4.79. The van der Waals surface area contributed by atoms with Gasteiger partial charge in [0.15, 0.2) is 0 Å². The summed E-state index contributed by atoms with van der Waals surface area (Å²) in [5, 5.41) is 0. The van der Waals surface area contributed by atoms with E-state index in [1.54, 1.807) is 23.1 Å². The number of ether oxygens (including phenoxy) is 1. The Morgan fingerprint density at radius 3 is 2.41 bits per heavy atom. The van der Waals surface area contributed by atoms with Crippen LogP contribution in [0.5, 0.6) is 5.75 Å². The number of nitrogens with one attached hydrogen (secondary N) is 1. The maximum Gasteiger partial charge on any atom is 0.573 e. The molecule has 1 aliphatic carbocycles. The number of fused-ring (bicyclic) bond motifs is 1. The monoisotopic (exact) mass is 426 g/mol. The number of benzene rings is 2. The lowest BCUT2D eigenvalue weighted by atomic mass is 10.1. The first-order valence-corrected chi connectivity index (χ1v) is 10.4. The Labute approximate surface area is 165 Å². The van der Waals surface area contributed by atoms with E-state index in [1.165, 1.54) is 0 Å². The number of halogens is 3. The standard InChI is InChI=1S/C19H17F3N2O4S/c20-19(21,22)28-15-5-7-16(8-6-15)29(26,27)23-14-4-3-12-9-10-24(17(12)11-14)18(25)13-1-2-13/h3-8,11,13,23H,1-2,9-10H2. The molecule has 1 fully saturated rings. The van der Waals surface area contributed by atoms with E-state index in [9.17, 15) is 26.4 Å². The third-order valence-corrected chi connectivity index (χ3v) is 6.19. The number of sulfonamides is 1. The third kappa shape index (κ3) is 4.31. The number of amides is 1. The van der Waals surface area contributed by atoms with Crippen molar-refractivity contribution in [2.24, 2.45) is 5.92 Å². The first-order chi connectivity index (χ1) is 13.6. The molecule has 1 heterocycles. The molecule has 1 N–H and O–H groups in total. The number of nitrogens with zero attached hydrogens (tertiary/aromatic N) is 1. The van der Waals surface area contributed by atoms with Crippen LogP contribution < -0.4 is 14.4 Å². The summed E-state index contributed by atoms with van der Waals surface area (Å²) in [7, 11) is -4.02. The molecule has 0 spiro atoms. The summed E-state index contributed by atoms with van der Waals surface area (Å²) in [6.45, 7) is 0.571. The number of anilines is 2. The Morgan fingerprint density at radius 1 is 1.10 bits per heavy atom. The van der Waals surface area contributed by atoms with Crippen molar-refractivity contribution in [2.45, 2.75) is 30.5 Å². The molecule has 4 rings (SSSR count). The predicted molar refractivity (Wildman–Crippen MR) is 99.2 cm³/mol. The molecule has 0 radical (unpaired) electrons. The Kier molecular flexibility index (Phi) is 4.68. The Morgan fingerprint density at radius 2 is 1.79 bits per heavy atom. The van der Waals surface area contributed by atoms with Crippen LogP contribution in [0.4, 0.5) is 24.5 Å². The van der Waals surface area contributed by atoms with Gasteiger partial charge in [0.05, 0.1) is 10.6 Å². The smallest absolute Gasteiger partial charge is 0.406 e. The van der Waals surface area contributed by atoms with E-state index in [-0.39, 0.29) is 22.4 Å². The van der Waals surface area contributed by atoms with Crippen LogP contribution in [0.2, 0.25) is 0 Å². The fraction of sp³-hybridized carbons (Fsp3) is 0.316. The number of carbonyl (C=O) groups is 1. The maximum atomic E-state index is 12.6. The van der Waals surface area contributed by atoms with Crippen molar-refractivity contribution in [3.63, 3.8) is 0 Å². The zero-order valence-electron chi connectivity index (χ0n) is 15.1. The fourth-order valence-electron chi connectivity index (χ4n) is 3.26. The van der Waals surface area contributed by atoms with Crippen LogP contribution in [-0.4, -0.2) is 27.2 Å². The highest BCUT2D eigenvalue weighted by Crippen LogP contribution is 2.37. The van der Waals surface area contributed by atoms with Gasteiger partial charge >= 0.3 is 6.36 Å². The van der Waals surface area contributed by atoms with Gasteiger partial charge in [0.2, 0.25) is 5.91 Å². The maximum absolute atomic E-state index is 12.6. The van der Waals surface area contributed by atoms with Crippen molar-refractivity contribution >= 4 is 27.3 Å². The zero-order valence-corrected chi connectivity index (χ0v) is 15.9. The predicted octanol–water partition coefficient (Wildman–Crippen LogP) is 3.69. The van der Waals surface area contributed by atoms with E-state index in [2.05, 4.69) is 9.46 Å². The number of hydrogen-bond acceptors (Lipinski definition) is 4. The van der Waals surface area contributed by atoms with Crippen molar-refractivity contribution in [3.05, 3.63) is 48.0 Å². The van der Waals surface area contributed by atoms with E-state index in [4.69, 9.17) is 0 Å². The summed E-state index contributed by atoms with van der Waals surface area (Å²) in [5.41, 5.74) is 1.93. The van der Waals surface area contributed by atoms with E-state index >= 15 is 0 Å². The van der Waals surface area contributed by atoms with Crippen molar-refractivity contribution in [1.29, 1.82) is 0 Å². The van der Waals surface area contributed by atoms with Gasteiger partial charge in [-0.15, -0.1) is 13.2 Å². The van der Waals surface area contributed by atoms with E-state index in [1.807, 2.05) is 0 Å². The number of carbonyl (C=O) groups excluding carboxylic acids is 1. The minimum Gasteiger partial charge on any atom is -0.406 e. The Hall–Kier alpha value is -2.75. The van der Waals surface area contributed by atoms with Gasteiger partial charge < -0.3 is 9.64 Å². The first kappa shape index (κ1) is 19.6. The topological polar surface area (TPSA) is 75.7 Å². The molecular formula is C19H17F3N2O4S. The molecule has 2 aliphatic rings. The second-order valence-electron chi connectivity index (χ2n) is 6.98. The van der Waals surface area contributed by atoms with Crippen molar-refractivity contribution in [1.82, 2.24) is 0 Å². The van der Waals surface area contributed by atoms with Crippen LogP contribution in [0.25, 0.3) is 0 Å². The average Bonchev–Trinajstić information content (AvgIpc) is 3.40. The molecule has 2 aromatic rings. The number of hydrogen-bond donors (Lipinski definition) is 1. The molecule has 0 saturated heterocycles. The summed E-state index contributed by atoms with van der Waals surface area (Å²) in [5.74, 6) is -0.397. The summed E-state index contributed by atoms with van der Waals surface area (Å²) in [6, 6.07) is 8.90. The minimum atomic E-state index is -4.85. The van der Waals surface area contributed by atoms with Gasteiger partial charge in [-0.1, -0.05) is 6.07 Å². The molecule has 0 aromatic heterocycles. The molecule has 10 heteroatoms. The molecule has 154 valence electrons. The summed E-state index contributed by atoms with van der Waals surface area (Å²) >= 11 is 0. The van der Waals surface area contributed by atoms with Gasteiger partial charge in [-0.2, -0.15) is 0 Å². The Bertz CT molecular complexity index is 1050. The van der Waals surface area contributed by atoms with Gasteiger partial charge in [0, 0.05) is 18.2 Å². The molecule has 6 nitrogen and oxygen atoms in total. The van der Waals surface area contributed by atoms with Crippen LogP contribution in [0, 0.1) is 5.92 Å². The molecule has 29 heavy (non-hydrogen) atoms. The van der Waals surface area contributed by atoms with E-state index in [0.717, 1.165) is 42.7 Å². The molecule has 1 aliphatic heterocycles. The van der Waals surface area contributed by atoms with Crippen molar-refractivity contribution < 1.29 is 31.1 Å². The highest BCUT2D eigenvalue weighted by atomic mass is 32.2. The molecule has 0 bridgehead atoms. The lowest BCUT2D eigenvalue weighted by Crippen LogP contribution is -2.30. The average molecular weight is 426 g/mol. The highest BCUT2D eigenvalue weighted by molar-refractivity contribution is 7.92. The SMILES string of the molecule is O=C(C1CC1)N1CCc2ccc(NS(=O)(=O)c3ccc(OC(F)(F)F)cc3)cc21. The zero-order chi connectivity index (χ0) is 20.8. The lowest BCUT2D eigenvalue weighted by Gasteiger charge is -2.18. The number of rotatable bonds is 5. The molecule has 0 unspecified atom stereocenters. The second kappa shape index (κ2) is 6.94. The van der Waals surface area contributed by atoms with Crippen LogP contribution in [0.3, 0.4) is 0 Å². The normalized spacial score (nSPS) is 16.4. The van der Waals surface area contributed by atoms with Crippen LogP contribution >= 0.6 is 0 Å². The van der Waals surface area contributed by atoms with Gasteiger partial charge in [0.25, 0.3) is 10.0 Å². The number of alkyl halides is 3. The minimum absolute atomic E-state index is 0.0544.